The Morgan fingerprint density at radius 2 is 2.04 bits per heavy atom. The SMILES string of the molecule is Cc1noc(C)c1-c1ccnc(C2CCN(C(=O)Cc3cccnc3)CC2)c1. The summed E-state index contributed by atoms with van der Waals surface area (Å²) in [5.74, 6) is 1.36. The Morgan fingerprint density at radius 1 is 1.21 bits per heavy atom. The largest absolute Gasteiger partial charge is 0.361 e. The molecule has 0 saturated carbocycles. The number of aryl methyl sites for hydroxylation is 2. The van der Waals surface area contributed by atoms with Gasteiger partial charge in [0.1, 0.15) is 5.76 Å². The Morgan fingerprint density at radius 3 is 2.71 bits per heavy atom. The number of rotatable bonds is 4. The smallest absolute Gasteiger partial charge is 0.227 e. The number of carbonyl (C=O) groups is 1. The lowest BCUT2D eigenvalue weighted by atomic mass is 9.91. The molecular formula is C22H24N4O2. The lowest BCUT2D eigenvalue weighted by Gasteiger charge is -2.32. The fourth-order valence-corrected chi connectivity index (χ4v) is 3.94. The van der Waals surface area contributed by atoms with Gasteiger partial charge in [-0.3, -0.25) is 14.8 Å². The molecular weight excluding hydrogens is 352 g/mol. The molecule has 0 aromatic carbocycles. The third kappa shape index (κ3) is 3.81. The van der Waals surface area contributed by atoms with E-state index in [0.717, 1.165) is 59.8 Å². The van der Waals surface area contributed by atoms with Crippen molar-refractivity contribution in [3.05, 3.63) is 65.6 Å². The second-order valence-electron chi connectivity index (χ2n) is 7.36. The number of likely N-dealkylation sites (tertiary alicyclic amines) is 1. The van der Waals surface area contributed by atoms with Crippen LogP contribution in [0.3, 0.4) is 0 Å². The Hall–Kier alpha value is -3.02. The van der Waals surface area contributed by atoms with E-state index in [0.29, 0.717) is 12.3 Å². The van der Waals surface area contributed by atoms with Crippen LogP contribution in [-0.2, 0) is 11.2 Å². The second-order valence-corrected chi connectivity index (χ2v) is 7.36. The first kappa shape index (κ1) is 18.3. The number of hydrogen-bond donors (Lipinski definition) is 0. The molecule has 1 aliphatic heterocycles. The van der Waals surface area contributed by atoms with E-state index < -0.39 is 0 Å². The van der Waals surface area contributed by atoms with Gasteiger partial charge >= 0.3 is 0 Å². The van der Waals surface area contributed by atoms with Crippen LogP contribution in [0.15, 0.2) is 47.4 Å². The molecule has 1 saturated heterocycles. The molecule has 4 rings (SSSR count). The molecule has 4 heterocycles. The second kappa shape index (κ2) is 7.92. The van der Waals surface area contributed by atoms with Crippen LogP contribution in [-0.4, -0.2) is 39.0 Å². The van der Waals surface area contributed by atoms with E-state index >= 15 is 0 Å². The van der Waals surface area contributed by atoms with Gasteiger partial charge in [-0.25, -0.2) is 0 Å². The molecule has 0 N–H and O–H groups in total. The van der Waals surface area contributed by atoms with Gasteiger partial charge in [0.2, 0.25) is 5.91 Å². The Bertz CT molecular complexity index is 940. The maximum atomic E-state index is 12.6. The Labute approximate surface area is 164 Å². The van der Waals surface area contributed by atoms with Gasteiger partial charge in [-0.05, 0) is 56.0 Å². The first-order chi connectivity index (χ1) is 13.6. The molecule has 3 aromatic heterocycles. The van der Waals surface area contributed by atoms with Gasteiger partial charge in [0.15, 0.2) is 0 Å². The van der Waals surface area contributed by atoms with Crippen LogP contribution < -0.4 is 0 Å². The van der Waals surface area contributed by atoms with Crippen molar-refractivity contribution in [3.8, 4) is 11.1 Å². The minimum absolute atomic E-state index is 0.170. The van der Waals surface area contributed by atoms with Crippen molar-refractivity contribution in [2.75, 3.05) is 13.1 Å². The van der Waals surface area contributed by atoms with E-state index in [1.165, 1.54) is 0 Å². The van der Waals surface area contributed by atoms with Crippen molar-refractivity contribution < 1.29 is 9.32 Å². The van der Waals surface area contributed by atoms with Crippen molar-refractivity contribution in [2.45, 2.75) is 39.0 Å². The lowest BCUT2D eigenvalue weighted by molar-refractivity contribution is -0.131. The summed E-state index contributed by atoms with van der Waals surface area (Å²) in [6.07, 6.45) is 7.61. The average Bonchev–Trinajstić information content (AvgIpc) is 3.07. The summed E-state index contributed by atoms with van der Waals surface area (Å²) < 4.78 is 5.31. The van der Waals surface area contributed by atoms with Gasteiger partial charge in [0, 0.05) is 48.9 Å². The molecule has 1 fully saturated rings. The molecule has 6 heteroatoms. The van der Waals surface area contributed by atoms with Crippen LogP contribution >= 0.6 is 0 Å². The van der Waals surface area contributed by atoms with Gasteiger partial charge in [0.25, 0.3) is 0 Å². The zero-order valence-electron chi connectivity index (χ0n) is 16.3. The molecule has 3 aromatic rings. The highest BCUT2D eigenvalue weighted by Gasteiger charge is 2.25. The zero-order valence-corrected chi connectivity index (χ0v) is 16.3. The maximum absolute atomic E-state index is 12.6. The van der Waals surface area contributed by atoms with Gasteiger partial charge in [-0.2, -0.15) is 0 Å². The molecule has 28 heavy (non-hydrogen) atoms. The Kier molecular flexibility index (Phi) is 5.19. The monoisotopic (exact) mass is 376 g/mol. The number of pyridine rings is 2. The van der Waals surface area contributed by atoms with Gasteiger partial charge in [-0.15, -0.1) is 0 Å². The number of carbonyl (C=O) groups excluding carboxylic acids is 1. The molecule has 0 bridgehead atoms. The molecule has 1 aliphatic rings. The first-order valence-corrected chi connectivity index (χ1v) is 9.67. The fourth-order valence-electron chi connectivity index (χ4n) is 3.94. The van der Waals surface area contributed by atoms with Crippen molar-refractivity contribution in [3.63, 3.8) is 0 Å². The van der Waals surface area contributed by atoms with Gasteiger partial charge < -0.3 is 9.42 Å². The number of aromatic nitrogens is 3. The predicted octanol–water partition coefficient (Wildman–Crippen LogP) is 3.70. The van der Waals surface area contributed by atoms with Crippen LogP contribution in [0.5, 0.6) is 0 Å². The number of piperidine rings is 1. The predicted molar refractivity (Wildman–Crippen MR) is 106 cm³/mol. The molecule has 6 nitrogen and oxygen atoms in total. The van der Waals surface area contributed by atoms with Crippen LogP contribution in [0.1, 0.15) is 41.5 Å². The quantitative estimate of drug-likeness (QED) is 0.694. The third-order valence-corrected chi connectivity index (χ3v) is 5.45. The van der Waals surface area contributed by atoms with E-state index in [1.54, 1.807) is 12.4 Å². The van der Waals surface area contributed by atoms with Crippen LogP contribution in [0.25, 0.3) is 11.1 Å². The van der Waals surface area contributed by atoms with Crippen molar-refractivity contribution in [2.24, 2.45) is 0 Å². The van der Waals surface area contributed by atoms with Crippen molar-refractivity contribution in [1.29, 1.82) is 0 Å². The molecule has 0 radical (unpaired) electrons. The van der Waals surface area contributed by atoms with E-state index in [9.17, 15) is 4.79 Å². The summed E-state index contributed by atoms with van der Waals surface area (Å²) in [5, 5.41) is 4.05. The molecule has 1 amide bonds. The summed E-state index contributed by atoms with van der Waals surface area (Å²) in [6.45, 7) is 5.42. The standard InChI is InChI=1S/C22H24N4O2/c1-15-22(16(2)28-25-15)19-5-9-24-20(13-19)18-6-10-26(11-7-18)21(27)12-17-4-3-8-23-14-17/h3-5,8-9,13-14,18H,6-7,10-12H2,1-2H3. The highest BCUT2D eigenvalue weighted by atomic mass is 16.5. The van der Waals surface area contributed by atoms with Crippen LogP contribution in [0.2, 0.25) is 0 Å². The normalized spacial score (nSPS) is 15.0. The fraction of sp³-hybridized carbons (Fsp3) is 0.364. The van der Waals surface area contributed by atoms with E-state index in [2.05, 4.69) is 21.2 Å². The molecule has 0 spiro atoms. The van der Waals surface area contributed by atoms with Crippen molar-refractivity contribution >= 4 is 5.91 Å². The minimum atomic E-state index is 0.170. The van der Waals surface area contributed by atoms with Crippen molar-refractivity contribution in [1.82, 2.24) is 20.0 Å². The van der Waals surface area contributed by atoms with Crippen LogP contribution in [0, 0.1) is 13.8 Å². The maximum Gasteiger partial charge on any atom is 0.227 e. The topological polar surface area (TPSA) is 72.1 Å². The van der Waals surface area contributed by atoms with E-state index in [1.807, 2.05) is 43.1 Å². The molecule has 0 unspecified atom stereocenters. The number of amides is 1. The summed E-state index contributed by atoms with van der Waals surface area (Å²) in [4.78, 5) is 23.2. The first-order valence-electron chi connectivity index (χ1n) is 9.67. The zero-order chi connectivity index (χ0) is 19.5. The lowest BCUT2D eigenvalue weighted by Crippen LogP contribution is -2.38. The summed E-state index contributed by atoms with van der Waals surface area (Å²) >= 11 is 0. The molecule has 0 atom stereocenters. The summed E-state index contributed by atoms with van der Waals surface area (Å²) in [6, 6.07) is 7.96. The third-order valence-electron chi connectivity index (χ3n) is 5.45. The minimum Gasteiger partial charge on any atom is -0.361 e. The van der Waals surface area contributed by atoms with Gasteiger partial charge in [-0.1, -0.05) is 11.2 Å². The number of hydrogen-bond acceptors (Lipinski definition) is 5. The average molecular weight is 376 g/mol. The highest BCUT2D eigenvalue weighted by Crippen LogP contribution is 2.32. The summed E-state index contributed by atoms with van der Waals surface area (Å²) in [7, 11) is 0. The van der Waals surface area contributed by atoms with Gasteiger partial charge in [0.05, 0.1) is 12.1 Å². The molecule has 144 valence electrons. The molecule has 0 aliphatic carbocycles. The van der Waals surface area contributed by atoms with E-state index in [4.69, 9.17) is 4.52 Å². The van der Waals surface area contributed by atoms with E-state index in [-0.39, 0.29) is 5.91 Å². The number of nitrogens with zero attached hydrogens (tertiary/aromatic N) is 4. The highest BCUT2D eigenvalue weighted by molar-refractivity contribution is 5.78. The Balaban J connectivity index is 1.41. The summed E-state index contributed by atoms with van der Waals surface area (Å²) in [5.41, 5.74) is 5.08. The van der Waals surface area contributed by atoms with Crippen LogP contribution in [0.4, 0.5) is 0 Å².